The Morgan fingerprint density at radius 1 is 1.53 bits per heavy atom. The second kappa shape index (κ2) is 6.50. The molecule has 1 fully saturated rings. The normalized spacial score (nSPS) is 19.9. The lowest BCUT2D eigenvalue weighted by Crippen LogP contribution is -2.45. The Morgan fingerprint density at radius 2 is 2.37 bits per heavy atom. The fourth-order valence-electron chi connectivity index (χ4n) is 2.18. The smallest absolute Gasteiger partial charge is 0.126 e. The highest BCUT2D eigenvalue weighted by atomic mass is 19.1. The standard InChI is InChI=1S/C14H18FN3O/c1-2-18-3-4-19-14(10-18)9-17-13-6-11(8-16)5-12(15)7-13/h5-7,14,17H,2-4,9-10H2,1H3. The van der Waals surface area contributed by atoms with Crippen molar-refractivity contribution in [3.63, 3.8) is 0 Å². The van der Waals surface area contributed by atoms with Gasteiger partial charge in [0, 0.05) is 25.3 Å². The number of nitriles is 1. The van der Waals surface area contributed by atoms with Crippen molar-refractivity contribution < 1.29 is 9.13 Å². The fourth-order valence-corrected chi connectivity index (χ4v) is 2.18. The monoisotopic (exact) mass is 263 g/mol. The Hall–Kier alpha value is -1.64. The summed E-state index contributed by atoms with van der Waals surface area (Å²) in [6.45, 7) is 6.33. The second-order valence-electron chi connectivity index (χ2n) is 4.61. The van der Waals surface area contributed by atoms with E-state index < -0.39 is 5.82 Å². The molecule has 0 aromatic heterocycles. The third-order valence-electron chi connectivity index (χ3n) is 3.23. The van der Waals surface area contributed by atoms with Gasteiger partial charge in [0.25, 0.3) is 0 Å². The van der Waals surface area contributed by atoms with Gasteiger partial charge in [-0.15, -0.1) is 0 Å². The number of halogens is 1. The Bertz CT molecular complexity index is 472. The van der Waals surface area contributed by atoms with Crippen molar-refractivity contribution in [1.29, 1.82) is 5.26 Å². The molecule has 102 valence electrons. The minimum atomic E-state index is -0.402. The highest BCUT2D eigenvalue weighted by Crippen LogP contribution is 2.14. The number of rotatable bonds is 4. The van der Waals surface area contributed by atoms with Crippen molar-refractivity contribution in [1.82, 2.24) is 4.90 Å². The van der Waals surface area contributed by atoms with Crippen LogP contribution in [0.25, 0.3) is 0 Å². The first kappa shape index (κ1) is 13.8. The van der Waals surface area contributed by atoms with E-state index in [1.165, 1.54) is 12.1 Å². The van der Waals surface area contributed by atoms with E-state index in [0.717, 1.165) is 26.2 Å². The summed E-state index contributed by atoms with van der Waals surface area (Å²) in [5.74, 6) is -0.402. The minimum Gasteiger partial charge on any atom is -0.382 e. The van der Waals surface area contributed by atoms with E-state index in [4.69, 9.17) is 10.00 Å². The molecule has 19 heavy (non-hydrogen) atoms. The zero-order valence-electron chi connectivity index (χ0n) is 11.0. The SMILES string of the molecule is CCN1CCOC(CNc2cc(F)cc(C#N)c2)C1. The van der Waals surface area contributed by atoms with Crippen molar-refractivity contribution >= 4 is 5.69 Å². The van der Waals surface area contributed by atoms with Crippen molar-refractivity contribution in [3.8, 4) is 6.07 Å². The molecule has 0 radical (unpaired) electrons. The molecule has 1 aromatic rings. The number of hydrogen-bond donors (Lipinski definition) is 1. The van der Waals surface area contributed by atoms with Gasteiger partial charge in [-0.1, -0.05) is 6.92 Å². The van der Waals surface area contributed by atoms with Crippen LogP contribution in [0, 0.1) is 17.1 Å². The number of benzene rings is 1. The molecule has 1 aliphatic heterocycles. The molecule has 1 aliphatic rings. The summed E-state index contributed by atoms with van der Waals surface area (Å²) in [6, 6.07) is 6.20. The van der Waals surface area contributed by atoms with Crippen molar-refractivity contribution in [2.24, 2.45) is 0 Å². The molecule has 1 unspecified atom stereocenters. The Balaban J connectivity index is 1.91. The lowest BCUT2D eigenvalue weighted by atomic mass is 10.2. The molecule has 2 rings (SSSR count). The first-order chi connectivity index (χ1) is 9.21. The van der Waals surface area contributed by atoms with E-state index in [0.29, 0.717) is 17.8 Å². The molecule has 1 heterocycles. The molecular weight excluding hydrogens is 245 g/mol. The molecule has 5 heteroatoms. The summed E-state index contributed by atoms with van der Waals surface area (Å²) in [6.07, 6.45) is 0.0995. The van der Waals surface area contributed by atoms with E-state index in [2.05, 4.69) is 17.1 Å². The minimum absolute atomic E-state index is 0.0995. The predicted molar refractivity (Wildman–Crippen MR) is 71.5 cm³/mol. The zero-order valence-corrected chi connectivity index (χ0v) is 11.0. The summed E-state index contributed by atoms with van der Waals surface area (Å²) >= 11 is 0. The van der Waals surface area contributed by atoms with Crippen LogP contribution in [0.5, 0.6) is 0 Å². The maximum Gasteiger partial charge on any atom is 0.126 e. The largest absolute Gasteiger partial charge is 0.382 e. The average molecular weight is 263 g/mol. The molecule has 1 N–H and O–H groups in total. The topological polar surface area (TPSA) is 48.3 Å². The van der Waals surface area contributed by atoms with Crippen LogP contribution in [0.4, 0.5) is 10.1 Å². The van der Waals surface area contributed by atoms with Gasteiger partial charge in [0.05, 0.1) is 24.3 Å². The summed E-state index contributed by atoms with van der Waals surface area (Å²) in [5.41, 5.74) is 0.941. The molecule has 1 atom stereocenters. The number of ether oxygens (including phenoxy) is 1. The number of likely N-dealkylation sites (N-methyl/N-ethyl adjacent to an activating group) is 1. The Labute approximate surface area is 112 Å². The quantitative estimate of drug-likeness (QED) is 0.900. The number of morpholine rings is 1. The molecule has 0 bridgehead atoms. The summed E-state index contributed by atoms with van der Waals surface area (Å²) in [7, 11) is 0. The van der Waals surface area contributed by atoms with Crippen LogP contribution in [0.15, 0.2) is 18.2 Å². The Morgan fingerprint density at radius 3 is 3.11 bits per heavy atom. The van der Waals surface area contributed by atoms with Crippen molar-refractivity contribution in [2.45, 2.75) is 13.0 Å². The third kappa shape index (κ3) is 3.91. The first-order valence-corrected chi connectivity index (χ1v) is 6.49. The zero-order chi connectivity index (χ0) is 13.7. The van der Waals surface area contributed by atoms with Crippen LogP contribution >= 0.6 is 0 Å². The van der Waals surface area contributed by atoms with Crippen LogP contribution in [-0.4, -0.2) is 43.8 Å². The lowest BCUT2D eigenvalue weighted by Gasteiger charge is -2.32. The first-order valence-electron chi connectivity index (χ1n) is 6.49. The van der Waals surface area contributed by atoms with Crippen LogP contribution in [-0.2, 0) is 4.74 Å². The van der Waals surface area contributed by atoms with Crippen LogP contribution in [0.2, 0.25) is 0 Å². The maximum atomic E-state index is 13.3. The third-order valence-corrected chi connectivity index (χ3v) is 3.23. The van der Waals surface area contributed by atoms with Crippen molar-refractivity contribution in [3.05, 3.63) is 29.6 Å². The molecule has 0 aliphatic carbocycles. The molecule has 0 amide bonds. The molecule has 1 aromatic carbocycles. The van der Waals surface area contributed by atoms with Gasteiger partial charge in [-0.05, 0) is 24.7 Å². The van der Waals surface area contributed by atoms with Crippen molar-refractivity contribution in [2.75, 3.05) is 38.1 Å². The van der Waals surface area contributed by atoms with E-state index in [9.17, 15) is 4.39 Å². The predicted octanol–water partition coefficient (Wildman–Crippen LogP) is 1.83. The summed E-state index contributed by atoms with van der Waals surface area (Å²) in [4.78, 5) is 2.32. The van der Waals surface area contributed by atoms with Gasteiger partial charge in [0.15, 0.2) is 0 Å². The van der Waals surface area contributed by atoms with E-state index in [1.807, 2.05) is 6.07 Å². The Kier molecular flexibility index (Phi) is 4.72. The van der Waals surface area contributed by atoms with Gasteiger partial charge >= 0.3 is 0 Å². The second-order valence-corrected chi connectivity index (χ2v) is 4.61. The highest BCUT2D eigenvalue weighted by molar-refractivity contribution is 5.49. The summed E-state index contributed by atoms with van der Waals surface area (Å²) in [5, 5.41) is 11.9. The van der Waals surface area contributed by atoms with Gasteiger partial charge in [-0.3, -0.25) is 4.90 Å². The molecule has 1 saturated heterocycles. The molecule has 0 saturated carbocycles. The van der Waals surface area contributed by atoms with Gasteiger partial charge < -0.3 is 10.1 Å². The van der Waals surface area contributed by atoms with Gasteiger partial charge in [-0.25, -0.2) is 4.39 Å². The molecule has 0 spiro atoms. The molecule has 4 nitrogen and oxygen atoms in total. The lowest BCUT2D eigenvalue weighted by molar-refractivity contribution is -0.0191. The fraction of sp³-hybridized carbons (Fsp3) is 0.500. The van der Waals surface area contributed by atoms with E-state index >= 15 is 0 Å². The van der Waals surface area contributed by atoms with E-state index in [1.54, 1.807) is 6.07 Å². The number of nitrogens with zero attached hydrogens (tertiary/aromatic N) is 2. The van der Waals surface area contributed by atoms with Gasteiger partial charge in [0.2, 0.25) is 0 Å². The summed E-state index contributed by atoms with van der Waals surface area (Å²) < 4.78 is 18.9. The van der Waals surface area contributed by atoms with Gasteiger partial charge in [0.1, 0.15) is 5.82 Å². The van der Waals surface area contributed by atoms with Gasteiger partial charge in [-0.2, -0.15) is 5.26 Å². The maximum absolute atomic E-state index is 13.3. The number of anilines is 1. The van der Waals surface area contributed by atoms with Crippen LogP contribution < -0.4 is 5.32 Å². The highest BCUT2D eigenvalue weighted by Gasteiger charge is 2.18. The number of nitrogens with one attached hydrogen (secondary N) is 1. The van der Waals surface area contributed by atoms with E-state index in [-0.39, 0.29) is 6.10 Å². The van der Waals surface area contributed by atoms with Crippen LogP contribution in [0.3, 0.4) is 0 Å². The average Bonchev–Trinajstić information content (AvgIpc) is 2.44. The molecular formula is C14H18FN3O. The number of hydrogen-bond acceptors (Lipinski definition) is 4. The van der Waals surface area contributed by atoms with Crippen LogP contribution in [0.1, 0.15) is 12.5 Å².